The van der Waals surface area contributed by atoms with Gasteiger partial charge in [0.15, 0.2) is 0 Å². The van der Waals surface area contributed by atoms with Crippen molar-refractivity contribution in [2.24, 2.45) is 0 Å². The average Bonchev–Trinajstić information content (AvgIpc) is 3.15. The SMILES string of the molecule is Cc1nc(CSc2ccc(C(=O)NCCNc3ccc([N+](=O)[O-])cc3)cc2)cs1. The number of thiazole rings is 1. The van der Waals surface area contributed by atoms with Gasteiger partial charge in [-0.15, -0.1) is 23.1 Å². The number of nitro groups is 1. The van der Waals surface area contributed by atoms with E-state index < -0.39 is 4.92 Å². The normalized spacial score (nSPS) is 10.5. The van der Waals surface area contributed by atoms with Crippen LogP contribution < -0.4 is 10.6 Å². The Labute approximate surface area is 176 Å². The van der Waals surface area contributed by atoms with E-state index in [1.54, 1.807) is 35.2 Å². The summed E-state index contributed by atoms with van der Waals surface area (Å²) >= 11 is 3.34. The third-order valence-electron chi connectivity index (χ3n) is 3.99. The average molecular weight is 429 g/mol. The number of hydrogen-bond acceptors (Lipinski definition) is 7. The van der Waals surface area contributed by atoms with Crippen LogP contribution in [0.4, 0.5) is 11.4 Å². The van der Waals surface area contributed by atoms with Crippen molar-refractivity contribution in [3.05, 3.63) is 80.3 Å². The lowest BCUT2D eigenvalue weighted by Crippen LogP contribution is -2.28. The van der Waals surface area contributed by atoms with E-state index in [0.717, 1.165) is 27.0 Å². The summed E-state index contributed by atoms with van der Waals surface area (Å²) in [7, 11) is 0. The first kappa shape index (κ1) is 20.8. The van der Waals surface area contributed by atoms with Crippen molar-refractivity contribution in [3.8, 4) is 0 Å². The fourth-order valence-corrected chi connectivity index (χ4v) is 4.03. The fourth-order valence-electron chi connectivity index (χ4n) is 2.52. The highest BCUT2D eigenvalue weighted by atomic mass is 32.2. The largest absolute Gasteiger partial charge is 0.383 e. The summed E-state index contributed by atoms with van der Waals surface area (Å²) < 4.78 is 0. The number of nitrogens with one attached hydrogen (secondary N) is 2. The Hall–Kier alpha value is -2.91. The maximum absolute atomic E-state index is 12.2. The number of carbonyl (C=O) groups is 1. The minimum absolute atomic E-state index is 0.0483. The summed E-state index contributed by atoms with van der Waals surface area (Å²) in [5.74, 6) is 0.673. The molecule has 1 heterocycles. The van der Waals surface area contributed by atoms with Crippen LogP contribution in [-0.2, 0) is 5.75 Å². The molecule has 1 amide bonds. The Morgan fingerprint density at radius 2 is 1.86 bits per heavy atom. The zero-order valence-corrected chi connectivity index (χ0v) is 17.4. The molecular weight excluding hydrogens is 408 g/mol. The molecule has 150 valence electrons. The first-order chi connectivity index (χ1) is 14.0. The van der Waals surface area contributed by atoms with Crippen molar-refractivity contribution < 1.29 is 9.72 Å². The molecular formula is C20H20N4O3S2. The van der Waals surface area contributed by atoms with Crippen LogP contribution in [0.2, 0.25) is 0 Å². The number of nitrogens with zero attached hydrogens (tertiary/aromatic N) is 2. The Morgan fingerprint density at radius 1 is 1.14 bits per heavy atom. The molecule has 2 aromatic carbocycles. The van der Waals surface area contributed by atoms with Gasteiger partial charge in [-0.1, -0.05) is 0 Å². The highest BCUT2D eigenvalue weighted by Crippen LogP contribution is 2.23. The summed E-state index contributed by atoms with van der Waals surface area (Å²) in [5.41, 5.74) is 2.49. The predicted octanol–water partition coefficient (Wildman–Crippen LogP) is 4.49. The van der Waals surface area contributed by atoms with Crippen LogP contribution in [-0.4, -0.2) is 28.9 Å². The molecule has 0 spiro atoms. The highest BCUT2D eigenvalue weighted by Gasteiger charge is 2.07. The molecule has 7 nitrogen and oxygen atoms in total. The van der Waals surface area contributed by atoms with Gasteiger partial charge in [0.2, 0.25) is 0 Å². The molecule has 1 aromatic heterocycles. The molecule has 3 rings (SSSR count). The zero-order valence-electron chi connectivity index (χ0n) is 15.8. The topological polar surface area (TPSA) is 97.2 Å². The number of thioether (sulfide) groups is 1. The number of non-ortho nitro benzene ring substituents is 1. The second-order valence-electron chi connectivity index (χ2n) is 6.16. The smallest absolute Gasteiger partial charge is 0.269 e. The van der Waals surface area contributed by atoms with Crippen LogP contribution in [0.15, 0.2) is 58.8 Å². The van der Waals surface area contributed by atoms with Crippen LogP contribution in [0.3, 0.4) is 0 Å². The van der Waals surface area contributed by atoms with E-state index in [0.29, 0.717) is 18.7 Å². The van der Waals surface area contributed by atoms with Gasteiger partial charge in [0, 0.05) is 52.5 Å². The molecule has 0 aliphatic rings. The number of aryl methyl sites for hydroxylation is 1. The number of amides is 1. The van der Waals surface area contributed by atoms with Gasteiger partial charge in [-0.05, 0) is 43.3 Å². The molecule has 0 saturated carbocycles. The Balaban J connectivity index is 1.40. The van der Waals surface area contributed by atoms with Gasteiger partial charge in [-0.3, -0.25) is 14.9 Å². The number of nitro benzene ring substituents is 1. The molecule has 0 atom stereocenters. The molecule has 2 N–H and O–H groups in total. The van der Waals surface area contributed by atoms with Crippen LogP contribution in [0.25, 0.3) is 0 Å². The quantitative estimate of drug-likeness (QED) is 0.225. The number of benzene rings is 2. The van der Waals surface area contributed by atoms with Gasteiger partial charge in [0.25, 0.3) is 11.6 Å². The molecule has 0 unspecified atom stereocenters. The van der Waals surface area contributed by atoms with Gasteiger partial charge in [0.05, 0.1) is 15.6 Å². The summed E-state index contributed by atoms with van der Waals surface area (Å²) in [4.78, 5) is 28.0. The third kappa shape index (κ3) is 6.30. The molecule has 0 aliphatic carbocycles. The molecule has 0 aliphatic heterocycles. The van der Waals surface area contributed by atoms with Gasteiger partial charge in [-0.2, -0.15) is 0 Å². The molecule has 0 radical (unpaired) electrons. The van der Waals surface area contributed by atoms with Crippen molar-refractivity contribution in [2.75, 3.05) is 18.4 Å². The van der Waals surface area contributed by atoms with E-state index in [9.17, 15) is 14.9 Å². The lowest BCUT2D eigenvalue weighted by atomic mass is 10.2. The summed E-state index contributed by atoms with van der Waals surface area (Å²) in [6.45, 7) is 2.95. The lowest BCUT2D eigenvalue weighted by molar-refractivity contribution is -0.384. The minimum atomic E-state index is -0.437. The van der Waals surface area contributed by atoms with E-state index in [1.165, 1.54) is 12.1 Å². The molecule has 0 bridgehead atoms. The number of hydrogen-bond donors (Lipinski definition) is 2. The van der Waals surface area contributed by atoms with Crippen molar-refractivity contribution in [3.63, 3.8) is 0 Å². The zero-order chi connectivity index (χ0) is 20.6. The van der Waals surface area contributed by atoms with Gasteiger partial charge < -0.3 is 10.6 Å². The molecule has 0 fully saturated rings. The van der Waals surface area contributed by atoms with Crippen LogP contribution >= 0.6 is 23.1 Å². The first-order valence-corrected chi connectivity index (χ1v) is 10.8. The van der Waals surface area contributed by atoms with Gasteiger partial charge >= 0.3 is 0 Å². The van der Waals surface area contributed by atoms with E-state index in [-0.39, 0.29) is 11.6 Å². The van der Waals surface area contributed by atoms with E-state index >= 15 is 0 Å². The summed E-state index contributed by atoms with van der Waals surface area (Å²) in [5, 5.41) is 19.7. The van der Waals surface area contributed by atoms with Crippen molar-refractivity contribution in [2.45, 2.75) is 17.6 Å². The highest BCUT2D eigenvalue weighted by molar-refractivity contribution is 7.98. The molecule has 0 saturated heterocycles. The molecule has 29 heavy (non-hydrogen) atoms. The van der Waals surface area contributed by atoms with Gasteiger partial charge in [0.1, 0.15) is 0 Å². The van der Waals surface area contributed by atoms with E-state index in [2.05, 4.69) is 21.0 Å². The number of rotatable bonds is 9. The second kappa shape index (κ2) is 10.0. The minimum Gasteiger partial charge on any atom is -0.383 e. The van der Waals surface area contributed by atoms with Crippen molar-refractivity contribution >= 4 is 40.4 Å². The molecule has 3 aromatic rings. The Morgan fingerprint density at radius 3 is 2.48 bits per heavy atom. The Kier molecular flexibility index (Phi) is 7.20. The maximum atomic E-state index is 12.2. The van der Waals surface area contributed by atoms with E-state index in [4.69, 9.17) is 0 Å². The third-order valence-corrected chi connectivity index (χ3v) is 5.86. The monoisotopic (exact) mass is 428 g/mol. The van der Waals surface area contributed by atoms with Crippen molar-refractivity contribution in [1.29, 1.82) is 0 Å². The number of aromatic nitrogens is 1. The first-order valence-electron chi connectivity index (χ1n) is 8.91. The predicted molar refractivity (Wildman–Crippen MR) is 117 cm³/mol. The summed E-state index contributed by atoms with van der Waals surface area (Å²) in [6.07, 6.45) is 0. The maximum Gasteiger partial charge on any atom is 0.269 e. The van der Waals surface area contributed by atoms with Gasteiger partial charge in [-0.25, -0.2) is 4.98 Å². The van der Waals surface area contributed by atoms with E-state index in [1.807, 2.05) is 31.2 Å². The molecule has 9 heteroatoms. The summed E-state index contributed by atoms with van der Waals surface area (Å²) in [6, 6.07) is 13.7. The standard InChI is InChI=1S/C20H20N4O3S2/c1-14-23-17(12-28-14)13-29-19-8-2-15(3-9-19)20(25)22-11-10-21-16-4-6-18(7-5-16)24(26)27/h2-9,12,21H,10-11,13H2,1H3,(H,22,25). The lowest BCUT2D eigenvalue weighted by Gasteiger charge is -2.08. The fraction of sp³-hybridized carbons (Fsp3) is 0.200. The Bertz CT molecular complexity index is 972. The van der Waals surface area contributed by atoms with Crippen LogP contribution in [0.1, 0.15) is 21.1 Å². The van der Waals surface area contributed by atoms with Crippen molar-refractivity contribution in [1.82, 2.24) is 10.3 Å². The number of carbonyl (C=O) groups excluding carboxylic acids is 1. The second-order valence-corrected chi connectivity index (χ2v) is 8.27. The number of anilines is 1. The van der Waals surface area contributed by atoms with Crippen LogP contribution in [0.5, 0.6) is 0 Å². The van der Waals surface area contributed by atoms with Crippen LogP contribution in [0, 0.1) is 17.0 Å².